The first kappa shape index (κ1) is 11.4. The number of anilines is 1. The smallest absolute Gasteiger partial charge is 0.206 e. The summed E-state index contributed by atoms with van der Waals surface area (Å²) in [5.41, 5.74) is 0.382. The van der Waals surface area contributed by atoms with Gasteiger partial charge in [-0.2, -0.15) is 0 Å². The van der Waals surface area contributed by atoms with Crippen molar-refractivity contribution in [3.05, 3.63) is 39.3 Å². The van der Waals surface area contributed by atoms with Crippen LogP contribution in [0.3, 0.4) is 0 Å². The number of hydrogen-bond donors (Lipinski definition) is 1. The van der Waals surface area contributed by atoms with Gasteiger partial charge in [0, 0.05) is 18.2 Å². The largest absolute Gasteiger partial charge is 0.356 e. The summed E-state index contributed by atoms with van der Waals surface area (Å²) >= 11 is 4.47. The molecular formula is C9H6BrF2N3S. The quantitative estimate of drug-likeness (QED) is 0.946. The van der Waals surface area contributed by atoms with E-state index in [1.807, 2.05) is 0 Å². The molecule has 2 rings (SSSR count). The van der Waals surface area contributed by atoms with Crippen LogP contribution in [0.5, 0.6) is 0 Å². The molecule has 1 heterocycles. The standard InChI is InChI=1S/C9H6BrF2N3S/c10-8-14-15-9(16-8)13-4-5-1-2-6(11)3-7(5)12/h1-3H,4H2,(H,13,15). The maximum atomic E-state index is 13.2. The normalized spacial score (nSPS) is 10.4. The Morgan fingerprint density at radius 2 is 2.12 bits per heavy atom. The number of aromatic nitrogens is 2. The van der Waals surface area contributed by atoms with Gasteiger partial charge in [0.05, 0.1) is 0 Å². The first-order valence-corrected chi connectivity index (χ1v) is 5.93. The minimum atomic E-state index is -0.583. The Morgan fingerprint density at radius 1 is 1.31 bits per heavy atom. The lowest BCUT2D eigenvalue weighted by Gasteiger charge is -2.03. The highest BCUT2D eigenvalue weighted by Gasteiger charge is 2.05. The molecule has 0 unspecified atom stereocenters. The maximum Gasteiger partial charge on any atom is 0.206 e. The fourth-order valence-corrected chi connectivity index (χ4v) is 2.12. The van der Waals surface area contributed by atoms with Crippen LogP contribution in [0, 0.1) is 11.6 Å². The minimum absolute atomic E-state index is 0.244. The second-order valence-corrected chi connectivity index (χ2v) is 5.20. The van der Waals surface area contributed by atoms with Gasteiger partial charge in [-0.05, 0) is 22.0 Å². The van der Waals surface area contributed by atoms with E-state index in [0.29, 0.717) is 14.6 Å². The molecule has 0 bridgehead atoms. The molecule has 0 amide bonds. The third kappa shape index (κ3) is 2.73. The summed E-state index contributed by atoms with van der Waals surface area (Å²) in [5, 5.41) is 11.0. The van der Waals surface area contributed by atoms with Gasteiger partial charge < -0.3 is 5.32 Å². The molecule has 16 heavy (non-hydrogen) atoms. The molecule has 0 saturated heterocycles. The van der Waals surface area contributed by atoms with E-state index in [-0.39, 0.29) is 6.54 Å². The molecule has 1 N–H and O–H groups in total. The highest BCUT2D eigenvalue weighted by atomic mass is 79.9. The molecule has 3 nitrogen and oxygen atoms in total. The summed E-state index contributed by atoms with van der Waals surface area (Å²) < 4.78 is 26.5. The van der Waals surface area contributed by atoms with Crippen LogP contribution in [-0.4, -0.2) is 10.2 Å². The van der Waals surface area contributed by atoms with Crippen molar-refractivity contribution in [3.8, 4) is 0 Å². The van der Waals surface area contributed by atoms with Crippen LogP contribution < -0.4 is 5.32 Å². The van der Waals surface area contributed by atoms with Crippen LogP contribution in [0.2, 0.25) is 0 Å². The fourth-order valence-electron chi connectivity index (χ4n) is 1.11. The number of benzene rings is 1. The molecule has 2 aromatic rings. The highest BCUT2D eigenvalue weighted by molar-refractivity contribution is 9.11. The van der Waals surface area contributed by atoms with Gasteiger partial charge in [0.2, 0.25) is 5.13 Å². The predicted molar refractivity (Wildman–Crippen MR) is 61.3 cm³/mol. The molecule has 0 aliphatic heterocycles. The predicted octanol–water partition coefficient (Wildman–Crippen LogP) is 3.19. The number of halogens is 3. The Hall–Kier alpha value is -1.08. The van der Waals surface area contributed by atoms with Gasteiger partial charge >= 0.3 is 0 Å². The molecule has 0 saturated carbocycles. The molecule has 0 spiro atoms. The zero-order valence-electron chi connectivity index (χ0n) is 7.88. The Bertz CT molecular complexity index is 503. The van der Waals surface area contributed by atoms with Gasteiger partial charge in [-0.25, -0.2) is 8.78 Å². The summed E-state index contributed by atoms with van der Waals surface area (Å²) in [7, 11) is 0. The molecule has 0 aliphatic rings. The number of nitrogens with one attached hydrogen (secondary N) is 1. The van der Waals surface area contributed by atoms with Crippen molar-refractivity contribution in [1.29, 1.82) is 0 Å². The van der Waals surface area contributed by atoms with Crippen molar-refractivity contribution in [2.45, 2.75) is 6.54 Å². The van der Waals surface area contributed by atoms with E-state index in [1.165, 1.54) is 23.5 Å². The Labute approximate surface area is 103 Å². The maximum absolute atomic E-state index is 13.2. The monoisotopic (exact) mass is 305 g/mol. The summed E-state index contributed by atoms with van der Waals surface area (Å²) in [6.45, 7) is 0.244. The molecular weight excluding hydrogens is 300 g/mol. The first-order valence-electron chi connectivity index (χ1n) is 4.32. The van der Waals surface area contributed by atoms with E-state index in [1.54, 1.807) is 0 Å². The van der Waals surface area contributed by atoms with Crippen LogP contribution in [0.15, 0.2) is 22.1 Å². The van der Waals surface area contributed by atoms with Crippen molar-refractivity contribution in [2.75, 3.05) is 5.32 Å². The second-order valence-electron chi connectivity index (χ2n) is 2.95. The van der Waals surface area contributed by atoms with Crippen LogP contribution in [0.4, 0.5) is 13.9 Å². The number of nitrogens with zero attached hydrogens (tertiary/aromatic N) is 2. The van der Waals surface area contributed by atoms with Crippen molar-refractivity contribution in [3.63, 3.8) is 0 Å². The summed E-state index contributed by atoms with van der Waals surface area (Å²) in [5.74, 6) is -1.16. The van der Waals surface area contributed by atoms with E-state index in [4.69, 9.17) is 0 Å². The van der Waals surface area contributed by atoms with Gasteiger partial charge in [-0.1, -0.05) is 17.4 Å². The first-order chi connectivity index (χ1) is 7.65. The van der Waals surface area contributed by atoms with Gasteiger partial charge in [0.25, 0.3) is 0 Å². The SMILES string of the molecule is Fc1ccc(CNc2nnc(Br)s2)c(F)c1. The molecule has 1 aromatic heterocycles. The Kier molecular flexibility index (Phi) is 3.45. The second kappa shape index (κ2) is 4.84. The van der Waals surface area contributed by atoms with Crippen LogP contribution >= 0.6 is 27.3 Å². The molecule has 7 heteroatoms. The fraction of sp³-hybridized carbons (Fsp3) is 0.111. The average Bonchev–Trinajstić information content (AvgIpc) is 2.63. The molecule has 0 aliphatic carbocycles. The zero-order valence-corrected chi connectivity index (χ0v) is 10.3. The van der Waals surface area contributed by atoms with Gasteiger partial charge in [-0.3, -0.25) is 0 Å². The summed E-state index contributed by atoms with van der Waals surface area (Å²) in [4.78, 5) is 0. The van der Waals surface area contributed by atoms with Crippen molar-refractivity contribution >= 4 is 32.4 Å². The lowest BCUT2D eigenvalue weighted by atomic mass is 10.2. The molecule has 0 fully saturated rings. The van der Waals surface area contributed by atoms with E-state index < -0.39 is 11.6 Å². The van der Waals surface area contributed by atoms with E-state index in [0.717, 1.165) is 6.07 Å². The third-order valence-corrected chi connectivity index (χ3v) is 3.16. The summed E-state index contributed by atoms with van der Waals surface area (Å²) in [6, 6.07) is 3.47. The van der Waals surface area contributed by atoms with Gasteiger partial charge in [-0.15, -0.1) is 10.2 Å². The molecule has 1 aromatic carbocycles. The Balaban J connectivity index is 2.04. The lowest BCUT2D eigenvalue weighted by Crippen LogP contribution is -2.01. The van der Waals surface area contributed by atoms with E-state index in [2.05, 4.69) is 31.4 Å². The molecule has 84 valence electrons. The van der Waals surface area contributed by atoms with Gasteiger partial charge in [0.15, 0.2) is 3.92 Å². The molecule has 0 radical (unpaired) electrons. The van der Waals surface area contributed by atoms with Crippen molar-refractivity contribution in [1.82, 2.24) is 10.2 Å². The zero-order chi connectivity index (χ0) is 11.5. The minimum Gasteiger partial charge on any atom is -0.356 e. The van der Waals surface area contributed by atoms with Crippen LogP contribution in [0.1, 0.15) is 5.56 Å². The average molecular weight is 306 g/mol. The Morgan fingerprint density at radius 3 is 2.75 bits per heavy atom. The lowest BCUT2D eigenvalue weighted by molar-refractivity contribution is 0.574. The third-order valence-electron chi connectivity index (χ3n) is 1.85. The summed E-state index contributed by atoms with van der Waals surface area (Å²) in [6.07, 6.45) is 0. The van der Waals surface area contributed by atoms with Crippen LogP contribution in [-0.2, 0) is 6.54 Å². The topological polar surface area (TPSA) is 37.8 Å². The highest BCUT2D eigenvalue weighted by Crippen LogP contribution is 2.21. The number of hydrogen-bond acceptors (Lipinski definition) is 4. The van der Waals surface area contributed by atoms with Crippen molar-refractivity contribution < 1.29 is 8.78 Å². The van der Waals surface area contributed by atoms with E-state index >= 15 is 0 Å². The van der Waals surface area contributed by atoms with Crippen LogP contribution in [0.25, 0.3) is 0 Å². The van der Waals surface area contributed by atoms with Gasteiger partial charge in [0.1, 0.15) is 11.6 Å². The van der Waals surface area contributed by atoms with Crippen molar-refractivity contribution in [2.24, 2.45) is 0 Å². The van der Waals surface area contributed by atoms with E-state index in [9.17, 15) is 8.78 Å². The number of rotatable bonds is 3. The molecule has 0 atom stereocenters.